The Hall–Kier alpha value is -0.510. The van der Waals surface area contributed by atoms with Crippen LogP contribution in [0.1, 0.15) is 33.3 Å². The minimum absolute atomic E-state index is 0.153. The highest BCUT2D eigenvalue weighted by molar-refractivity contribution is 7.99. The molecule has 0 aliphatic carbocycles. The molecular weight excluding hydrogens is 230 g/mol. The fraction of sp³-hybridized carbons (Fsp3) is 0.571. The molecule has 96 valence electrons. The lowest BCUT2D eigenvalue weighted by Crippen LogP contribution is -2.35. The summed E-state index contributed by atoms with van der Waals surface area (Å²) in [5.74, 6) is 0.750. The highest BCUT2D eigenvalue weighted by atomic mass is 32.2. The lowest BCUT2D eigenvalue weighted by molar-refractivity contribution is 0.220. The molecule has 0 spiro atoms. The number of rotatable bonds is 5. The number of benzene rings is 1. The van der Waals surface area contributed by atoms with E-state index in [9.17, 15) is 5.11 Å². The van der Waals surface area contributed by atoms with Crippen LogP contribution in [0.2, 0.25) is 0 Å². The zero-order valence-electron chi connectivity index (χ0n) is 11.2. The smallest absolute Gasteiger partial charge is 0.0606 e. The van der Waals surface area contributed by atoms with E-state index in [2.05, 4.69) is 50.4 Å². The summed E-state index contributed by atoms with van der Waals surface area (Å²) >= 11 is 1.69. The fourth-order valence-corrected chi connectivity index (χ4v) is 2.05. The Morgan fingerprint density at radius 1 is 1.24 bits per heavy atom. The van der Waals surface area contributed by atoms with Crippen LogP contribution >= 0.6 is 11.8 Å². The van der Waals surface area contributed by atoms with E-state index in [0.29, 0.717) is 0 Å². The van der Waals surface area contributed by atoms with Gasteiger partial charge < -0.3 is 10.4 Å². The van der Waals surface area contributed by atoms with Crippen molar-refractivity contribution in [3.05, 3.63) is 29.8 Å². The van der Waals surface area contributed by atoms with Crippen molar-refractivity contribution in [2.75, 3.05) is 5.75 Å². The molecular formula is C14H23NOS. The van der Waals surface area contributed by atoms with Gasteiger partial charge in [0.25, 0.3) is 0 Å². The second kappa shape index (κ2) is 6.43. The van der Waals surface area contributed by atoms with Gasteiger partial charge in [-0.25, -0.2) is 0 Å². The molecule has 1 unspecified atom stereocenters. The highest BCUT2D eigenvalue weighted by Crippen LogP contribution is 2.19. The maximum atomic E-state index is 9.21. The Kier molecular flexibility index (Phi) is 5.50. The van der Waals surface area contributed by atoms with Gasteiger partial charge in [-0.1, -0.05) is 12.1 Å². The molecule has 1 aromatic rings. The van der Waals surface area contributed by atoms with Crippen LogP contribution in [0.25, 0.3) is 0 Å². The van der Waals surface area contributed by atoms with Crippen LogP contribution in [-0.2, 0) is 6.54 Å². The lowest BCUT2D eigenvalue weighted by atomic mass is 10.1. The van der Waals surface area contributed by atoms with Gasteiger partial charge in [0.05, 0.1) is 6.10 Å². The number of hydrogen-bond acceptors (Lipinski definition) is 3. The van der Waals surface area contributed by atoms with Crippen molar-refractivity contribution in [1.29, 1.82) is 0 Å². The molecule has 1 atom stereocenters. The van der Waals surface area contributed by atoms with Gasteiger partial charge in [0.1, 0.15) is 0 Å². The van der Waals surface area contributed by atoms with E-state index in [4.69, 9.17) is 0 Å². The number of nitrogens with one attached hydrogen (secondary N) is 1. The summed E-state index contributed by atoms with van der Waals surface area (Å²) in [6.07, 6.45) is -0.248. The van der Waals surface area contributed by atoms with Gasteiger partial charge in [-0.05, 0) is 45.4 Å². The summed E-state index contributed by atoms with van der Waals surface area (Å²) in [5, 5.41) is 12.7. The third-order valence-electron chi connectivity index (χ3n) is 2.24. The molecule has 0 saturated carbocycles. The van der Waals surface area contributed by atoms with E-state index in [1.807, 2.05) is 6.92 Å². The molecule has 0 amide bonds. The number of aliphatic hydroxyl groups is 1. The predicted molar refractivity (Wildman–Crippen MR) is 75.4 cm³/mol. The maximum absolute atomic E-state index is 9.21. The predicted octanol–water partition coefficient (Wildman–Crippen LogP) is 3.05. The number of aliphatic hydroxyl groups excluding tert-OH is 1. The van der Waals surface area contributed by atoms with Crippen molar-refractivity contribution in [3.63, 3.8) is 0 Å². The second-order valence-corrected chi connectivity index (χ2v) is 6.50. The average molecular weight is 253 g/mol. The van der Waals surface area contributed by atoms with Crippen molar-refractivity contribution in [2.45, 2.75) is 50.8 Å². The van der Waals surface area contributed by atoms with Crippen LogP contribution in [0.4, 0.5) is 0 Å². The standard InChI is InChI=1S/C14H23NOS/c1-11(16)10-17-13-7-5-12(6-8-13)9-15-14(2,3)4/h5-8,11,15-16H,9-10H2,1-4H3. The van der Waals surface area contributed by atoms with E-state index in [1.54, 1.807) is 11.8 Å². The summed E-state index contributed by atoms with van der Waals surface area (Å²) in [6.45, 7) is 9.21. The van der Waals surface area contributed by atoms with Crippen LogP contribution < -0.4 is 5.32 Å². The Bertz CT molecular complexity index is 327. The quantitative estimate of drug-likeness (QED) is 0.791. The molecule has 0 aromatic heterocycles. The minimum Gasteiger partial charge on any atom is -0.393 e. The lowest BCUT2D eigenvalue weighted by Gasteiger charge is -2.20. The van der Waals surface area contributed by atoms with Crippen molar-refractivity contribution in [1.82, 2.24) is 5.32 Å². The molecule has 0 radical (unpaired) electrons. The zero-order chi connectivity index (χ0) is 12.9. The minimum atomic E-state index is -0.248. The Morgan fingerprint density at radius 2 is 1.82 bits per heavy atom. The highest BCUT2D eigenvalue weighted by Gasteiger charge is 2.08. The average Bonchev–Trinajstić information content (AvgIpc) is 2.24. The zero-order valence-corrected chi connectivity index (χ0v) is 12.0. The third kappa shape index (κ3) is 6.71. The van der Waals surface area contributed by atoms with Gasteiger partial charge in [0, 0.05) is 22.7 Å². The van der Waals surface area contributed by atoms with Crippen LogP contribution in [0, 0.1) is 0 Å². The normalized spacial score (nSPS) is 13.7. The molecule has 0 aliphatic rings. The molecule has 0 saturated heterocycles. The largest absolute Gasteiger partial charge is 0.393 e. The van der Waals surface area contributed by atoms with Gasteiger partial charge >= 0.3 is 0 Å². The summed E-state index contributed by atoms with van der Waals surface area (Å²) in [4.78, 5) is 1.21. The van der Waals surface area contributed by atoms with E-state index in [1.165, 1.54) is 10.5 Å². The number of hydrogen-bond donors (Lipinski definition) is 2. The topological polar surface area (TPSA) is 32.3 Å². The van der Waals surface area contributed by atoms with Crippen LogP contribution in [0.3, 0.4) is 0 Å². The first-order chi connectivity index (χ1) is 7.87. The van der Waals surface area contributed by atoms with Gasteiger partial charge in [-0.3, -0.25) is 0 Å². The van der Waals surface area contributed by atoms with Crippen LogP contribution in [0.5, 0.6) is 0 Å². The molecule has 0 heterocycles. The van der Waals surface area contributed by atoms with Crippen molar-refractivity contribution < 1.29 is 5.11 Å². The van der Waals surface area contributed by atoms with Crippen molar-refractivity contribution in [2.24, 2.45) is 0 Å². The fourth-order valence-electron chi connectivity index (χ4n) is 1.29. The molecule has 17 heavy (non-hydrogen) atoms. The Labute approximate surface area is 109 Å². The third-order valence-corrected chi connectivity index (χ3v) is 3.49. The Morgan fingerprint density at radius 3 is 2.29 bits per heavy atom. The van der Waals surface area contributed by atoms with E-state index in [0.717, 1.165) is 12.3 Å². The molecule has 3 heteroatoms. The summed E-state index contributed by atoms with van der Waals surface area (Å²) < 4.78 is 0. The van der Waals surface area contributed by atoms with Gasteiger partial charge in [-0.15, -0.1) is 11.8 Å². The molecule has 0 aliphatic heterocycles. The van der Waals surface area contributed by atoms with E-state index in [-0.39, 0.29) is 11.6 Å². The Balaban J connectivity index is 2.45. The first-order valence-corrected chi connectivity index (χ1v) is 7.00. The molecule has 2 N–H and O–H groups in total. The van der Waals surface area contributed by atoms with Gasteiger partial charge in [0.2, 0.25) is 0 Å². The van der Waals surface area contributed by atoms with E-state index >= 15 is 0 Å². The monoisotopic (exact) mass is 253 g/mol. The van der Waals surface area contributed by atoms with Gasteiger partial charge in [0.15, 0.2) is 0 Å². The van der Waals surface area contributed by atoms with Crippen molar-refractivity contribution in [3.8, 4) is 0 Å². The summed E-state index contributed by atoms with van der Waals surface area (Å²) in [7, 11) is 0. The maximum Gasteiger partial charge on any atom is 0.0606 e. The molecule has 0 fully saturated rings. The van der Waals surface area contributed by atoms with E-state index < -0.39 is 0 Å². The van der Waals surface area contributed by atoms with Crippen molar-refractivity contribution >= 4 is 11.8 Å². The van der Waals surface area contributed by atoms with Crippen LogP contribution in [0.15, 0.2) is 29.2 Å². The number of thioether (sulfide) groups is 1. The van der Waals surface area contributed by atoms with Crippen LogP contribution in [-0.4, -0.2) is 22.5 Å². The molecule has 1 aromatic carbocycles. The molecule has 1 rings (SSSR count). The second-order valence-electron chi connectivity index (χ2n) is 5.41. The summed E-state index contributed by atoms with van der Waals surface area (Å²) in [5.41, 5.74) is 1.45. The van der Waals surface area contributed by atoms with Gasteiger partial charge in [-0.2, -0.15) is 0 Å². The SMILES string of the molecule is CC(O)CSc1ccc(CNC(C)(C)C)cc1. The first kappa shape index (κ1) is 14.6. The summed E-state index contributed by atoms with van der Waals surface area (Å²) in [6, 6.07) is 8.52. The molecule has 0 bridgehead atoms. The first-order valence-electron chi connectivity index (χ1n) is 6.02. The molecule has 2 nitrogen and oxygen atoms in total.